The van der Waals surface area contributed by atoms with Gasteiger partial charge in [0.15, 0.2) is 0 Å². The number of imide groups is 1. The number of imidazole rings is 1. The van der Waals surface area contributed by atoms with E-state index < -0.39 is 35.8 Å². The average molecular weight is 538 g/mol. The molecule has 0 saturated carbocycles. The van der Waals surface area contributed by atoms with Crippen LogP contribution in [0.2, 0.25) is 5.02 Å². The minimum Gasteiger partial charge on any atom is -0.384 e. The number of carbonyl (C=O) groups is 3. The Balaban J connectivity index is 1.63. The number of likely N-dealkylation sites (tertiary alicyclic amines) is 1. The van der Waals surface area contributed by atoms with Gasteiger partial charge in [0.05, 0.1) is 12.0 Å². The van der Waals surface area contributed by atoms with Gasteiger partial charge < -0.3 is 15.6 Å². The van der Waals surface area contributed by atoms with Crippen LogP contribution in [0.15, 0.2) is 42.7 Å². The van der Waals surface area contributed by atoms with Crippen LogP contribution in [-0.2, 0) is 23.1 Å². The van der Waals surface area contributed by atoms with E-state index in [0.29, 0.717) is 28.9 Å². The summed E-state index contributed by atoms with van der Waals surface area (Å²) in [5.41, 5.74) is 9.20. The zero-order valence-corrected chi connectivity index (χ0v) is 22.9. The quantitative estimate of drug-likeness (QED) is 0.444. The second-order valence-corrected chi connectivity index (χ2v) is 10.1. The maximum absolute atomic E-state index is 13.7. The van der Waals surface area contributed by atoms with Gasteiger partial charge in [-0.3, -0.25) is 19.4 Å². The zero-order valence-electron chi connectivity index (χ0n) is 22.1. The van der Waals surface area contributed by atoms with E-state index in [1.165, 1.54) is 4.90 Å². The Morgan fingerprint density at radius 3 is 2.61 bits per heavy atom. The Morgan fingerprint density at radius 1 is 1.24 bits per heavy atom. The third kappa shape index (κ3) is 5.22. The molecule has 3 aromatic rings. The molecule has 1 aromatic carbocycles. The molecular formula is C27H32ClN7O3. The van der Waals surface area contributed by atoms with Crippen molar-refractivity contribution in [2.45, 2.75) is 45.7 Å². The number of nitrogens with zero attached hydrogens (tertiary/aromatic N) is 5. The predicted molar refractivity (Wildman–Crippen MR) is 146 cm³/mol. The molecule has 0 bridgehead atoms. The van der Waals surface area contributed by atoms with E-state index in [-0.39, 0.29) is 6.42 Å². The van der Waals surface area contributed by atoms with E-state index in [1.807, 2.05) is 32.9 Å². The molecule has 11 heteroatoms. The van der Waals surface area contributed by atoms with E-state index in [0.717, 1.165) is 21.6 Å². The van der Waals surface area contributed by atoms with Crippen molar-refractivity contribution in [1.29, 1.82) is 0 Å². The Kier molecular flexibility index (Phi) is 7.73. The fraction of sp³-hybridized carbons (Fsp3) is 0.370. The SMILES string of the molecule is CC[C@@H](NC(=O)N1C(=O)[C@H](Cc2cc(C)nc(N)c2)[C@H]1C(=O)N(C)c1nccn1C)c1cc(Cl)ccc1C. The van der Waals surface area contributed by atoms with Crippen LogP contribution >= 0.6 is 11.6 Å². The molecule has 0 radical (unpaired) electrons. The molecule has 10 nitrogen and oxygen atoms in total. The number of aromatic nitrogens is 3. The lowest BCUT2D eigenvalue weighted by atomic mass is 9.81. The molecule has 0 aliphatic carbocycles. The van der Waals surface area contributed by atoms with Crippen LogP contribution in [0.1, 0.15) is 41.8 Å². The first-order chi connectivity index (χ1) is 18.0. The van der Waals surface area contributed by atoms with Crippen molar-refractivity contribution in [2.75, 3.05) is 17.7 Å². The number of aryl methyl sites for hydroxylation is 3. The molecule has 2 aromatic heterocycles. The van der Waals surface area contributed by atoms with Crippen LogP contribution < -0.4 is 16.0 Å². The number of benzene rings is 1. The number of anilines is 2. The number of urea groups is 1. The van der Waals surface area contributed by atoms with Crippen molar-refractivity contribution in [3.63, 3.8) is 0 Å². The normalized spacial score (nSPS) is 17.6. The summed E-state index contributed by atoms with van der Waals surface area (Å²) < 4.78 is 1.69. The summed E-state index contributed by atoms with van der Waals surface area (Å²) in [4.78, 5) is 51.5. The van der Waals surface area contributed by atoms with Gasteiger partial charge in [-0.25, -0.2) is 14.8 Å². The molecule has 38 heavy (non-hydrogen) atoms. The minimum atomic E-state index is -1.02. The summed E-state index contributed by atoms with van der Waals surface area (Å²) in [5, 5.41) is 3.49. The van der Waals surface area contributed by atoms with Crippen molar-refractivity contribution in [2.24, 2.45) is 13.0 Å². The molecule has 1 aliphatic heterocycles. The van der Waals surface area contributed by atoms with E-state index in [1.54, 1.807) is 49.3 Å². The largest absolute Gasteiger partial charge is 0.384 e. The molecule has 4 rings (SSSR count). The second kappa shape index (κ2) is 10.8. The van der Waals surface area contributed by atoms with E-state index in [9.17, 15) is 14.4 Å². The zero-order chi connectivity index (χ0) is 27.7. The fourth-order valence-corrected chi connectivity index (χ4v) is 5.16. The highest BCUT2D eigenvalue weighted by atomic mass is 35.5. The number of nitrogen functional groups attached to an aromatic ring is 1. The second-order valence-electron chi connectivity index (χ2n) is 9.65. The molecule has 0 spiro atoms. The Labute approximate surface area is 226 Å². The number of amides is 4. The van der Waals surface area contributed by atoms with Crippen LogP contribution in [0.25, 0.3) is 0 Å². The number of β-lactam (4-membered cyclic amide) rings is 1. The average Bonchev–Trinajstić information content (AvgIpc) is 3.29. The van der Waals surface area contributed by atoms with Gasteiger partial charge in [0.25, 0.3) is 5.91 Å². The smallest absolute Gasteiger partial charge is 0.325 e. The number of nitrogens with two attached hydrogens (primary N) is 1. The van der Waals surface area contributed by atoms with Crippen LogP contribution in [0.4, 0.5) is 16.6 Å². The van der Waals surface area contributed by atoms with Crippen molar-refractivity contribution >= 4 is 41.2 Å². The summed E-state index contributed by atoms with van der Waals surface area (Å²) >= 11 is 6.21. The highest BCUT2D eigenvalue weighted by Crippen LogP contribution is 2.34. The first kappa shape index (κ1) is 27.1. The van der Waals surface area contributed by atoms with Crippen LogP contribution in [-0.4, -0.2) is 50.4 Å². The molecule has 3 atom stereocenters. The lowest BCUT2D eigenvalue weighted by molar-refractivity contribution is -0.156. The van der Waals surface area contributed by atoms with Gasteiger partial charge in [0.2, 0.25) is 11.9 Å². The van der Waals surface area contributed by atoms with Gasteiger partial charge in [0.1, 0.15) is 11.9 Å². The van der Waals surface area contributed by atoms with E-state index in [2.05, 4.69) is 15.3 Å². The fourth-order valence-electron chi connectivity index (χ4n) is 4.98. The number of nitrogens with one attached hydrogen (secondary N) is 1. The maximum Gasteiger partial charge on any atom is 0.325 e. The van der Waals surface area contributed by atoms with Gasteiger partial charge in [-0.05, 0) is 67.6 Å². The maximum atomic E-state index is 13.7. The number of hydrogen-bond donors (Lipinski definition) is 2. The first-order valence-corrected chi connectivity index (χ1v) is 12.8. The van der Waals surface area contributed by atoms with Crippen LogP contribution in [0.5, 0.6) is 0 Å². The monoisotopic (exact) mass is 537 g/mol. The summed E-state index contributed by atoms with van der Waals surface area (Å²) in [6, 6.07) is 6.94. The van der Waals surface area contributed by atoms with Crippen LogP contribution in [0, 0.1) is 19.8 Å². The van der Waals surface area contributed by atoms with Crippen molar-refractivity contribution < 1.29 is 14.4 Å². The Hall–Kier alpha value is -3.92. The summed E-state index contributed by atoms with van der Waals surface area (Å²) in [6.07, 6.45) is 4.11. The molecule has 200 valence electrons. The summed E-state index contributed by atoms with van der Waals surface area (Å²) in [5.74, 6) is -0.856. The highest BCUT2D eigenvalue weighted by Gasteiger charge is 2.55. The lowest BCUT2D eigenvalue weighted by Crippen LogP contribution is -2.70. The summed E-state index contributed by atoms with van der Waals surface area (Å²) in [7, 11) is 3.35. The molecule has 0 unspecified atom stereocenters. The minimum absolute atomic E-state index is 0.242. The molecule has 3 heterocycles. The number of carbonyl (C=O) groups excluding carboxylic acids is 3. The van der Waals surface area contributed by atoms with Gasteiger partial charge >= 0.3 is 6.03 Å². The number of pyridine rings is 1. The standard InChI is InChI=1S/C27H32ClN7O3/c1-6-21(19-14-18(28)8-7-15(19)2)32-27(38)35-23(25(37)34(5)26-30-9-10-33(26)4)20(24(35)36)12-17-11-16(3)31-22(29)13-17/h7-11,13-14,20-21,23H,6,12H2,1-5H3,(H2,29,31)(H,32,38)/t20-,21-,23+/m1/s1. The number of likely N-dealkylation sites (N-methyl/N-ethyl adjacent to an activating group) is 1. The van der Waals surface area contributed by atoms with Crippen LogP contribution in [0.3, 0.4) is 0 Å². The number of halogens is 1. The van der Waals surface area contributed by atoms with Crippen molar-refractivity contribution in [3.8, 4) is 0 Å². The predicted octanol–water partition coefficient (Wildman–Crippen LogP) is 3.56. The molecular weight excluding hydrogens is 506 g/mol. The summed E-state index contributed by atoms with van der Waals surface area (Å²) in [6.45, 7) is 5.67. The molecule has 4 amide bonds. The molecule has 1 saturated heterocycles. The van der Waals surface area contributed by atoms with Gasteiger partial charge in [-0.2, -0.15) is 0 Å². The third-order valence-electron chi connectivity index (χ3n) is 6.92. The lowest BCUT2D eigenvalue weighted by Gasteiger charge is -2.45. The molecule has 3 N–H and O–H groups in total. The molecule has 1 aliphatic rings. The first-order valence-electron chi connectivity index (χ1n) is 12.4. The van der Waals surface area contributed by atoms with Crippen molar-refractivity contribution in [1.82, 2.24) is 24.8 Å². The van der Waals surface area contributed by atoms with E-state index in [4.69, 9.17) is 17.3 Å². The highest BCUT2D eigenvalue weighted by molar-refractivity contribution is 6.30. The Bertz CT molecular complexity index is 1370. The van der Waals surface area contributed by atoms with Gasteiger partial charge in [-0.1, -0.05) is 24.6 Å². The number of hydrogen-bond acceptors (Lipinski definition) is 6. The number of rotatable bonds is 7. The van der Waals surface area contributed by atoms with E-state index >= 15 is 0 Å². The third-order valence-corrected chi connectivity index (χ3v) is 7.16. The Morgan fingerprint density at radius 2 is 1.97 bits per heavy atom. The molecule has 1 fully saturated rings. The van der Waals surface area contributed by atoms with Gasteiger partial charge in [-0.15, -0.1) is 0 Å². The van der Waals surface area contributed by atoms with Crippen molar-refractivity contribution in [3.05, 3.63) is 70.1 Å². The van der Waals surface area contributed by atoms with Gasteiger partial charge in [0, 0.05) is 37.2 Å². The topological polar surface area (TPSA) is 126 Å².